The summed E-state index contributed by atoms with van der Waals surface area (Å²) in [5, 5.41) is 0. The first-order chi connectivity index (χ1) is 12.2. The van der Waals surface area contributed by atoms with Crippen molar-refractivity contribution in [2.75, 3.05) is 11.4 Å². The van der Waals surface area contributed by atoms with Gasteiger partial charge in [0.05, 0.1) is 17.7 Å². The van der Waals surface area contributed by atoms with Gasteiger partial charge in [0.2, 0.25) is 5.91 Å². The highest BCUT2D eigenvalue weighted by molar-refractivity contribution is 7.93. The Morgan fingerprint density at radius 3 is 1.88 bits per heavy atom. The highest BCUT2D eigenvalue weighted by atomic mass is 32.2. The summed E-state index contributed by atoms with van der Waals surface area (Å²) in [6.07, 6.45) is 0. The van der Waals surface area contributed by atoms with E-state index < -0.39 is 21.8 Å². The van der Waals surface area contributed by atoms with Gasteiger partial charge in [-0.15, -0.1) is 0 Å². The predicted octanol–water partition coefficient (Wildman–Crippen LogP) is 4.20. The number of ether oxygens (including phenoxy) is 1. The molecule has 140 valence electrons. The van der Waals surface area contributed by atoms with E-state index in [9.17, 15) is 13.2 Å². The van der Waals surface area contributed by atoms with Gasteiger partial charge in [0.1, 0.15) is 5.75 Å². The Bertz CT molecular complexity index is 854. The lowest BCUT2D eigenvalue weighted by molar-refractivity contribution is -0.120. The lowest BCUT2D eigenvalue weighted by Gasteiger charge is -2.24. The lowest BCUT2D eigenvalue weighted by atomic mass is 10.0. The number of carbonyl (C=O) groups is 1. The fraction of sp³-hybridized carbons (Fsp3) is 0.350. The molecule has 5 nitrogen and oxygen atoms in total. The molecule has 0 saturated carbocycles. The first-order valence-electron chi connectivity index (χ1n) is 8.51. The van der Waals surface area contributed by atoms with Gasteiger partial charge in [0, 0.05) is 5.92 Å². The molecule has 6 heteroatoms. The quantitative estimate of drug-likeness (QED) is 0.759. The zero-order chi connectivity index (χ0) is 19.5. The molecule has 1 amide bonds. The van der Waals surface area contributed by atoms with Gasteiger partial charge in [-0.25, -0.2) is 12.7 Å². The Balaban J connectivity index is 2.53. The van der Waals surface area contributed by atoms with Gasteiger partial charge in [0.25, 0.3) is 10.0 Å². The van der Waals surface area contributed by atoms with Crippen LogP contribution in [0.25, 0.3) is 0 Å². The molecule has 0 radical (unpaired) electrons. The van der Waals surface area contributed by atoms with Crippen molar-refractivity contribution in [1.29, 1.82) is 0 Å². The van der Waals surface area contributed by atoms with Crippen LogP contribution in [0.15, 0.2) is 53.4 Å². The molecule has 0 saturated heterocycles. The Kier molecular flexibility index (Phi) is 6.08. The monoisotopic (exact) mass is 375 g/mol. The van der Waals surface area contributed by atoms with Crippen molar-refractivity contribution in [3.63, 3.8) is 0 Å². The standard InChI is InChI=1S/C20H25NO4S/c1-14(2)16-6-12-19(13-7-16)26(23,24)21(20(22)15(3)4)17-8-10-18(25-5)11-9-17/h6-15H,1-5H3. The minimum absolute atomic E-state index is 0.0896. The van der Waals surface area contributed by atoms with Crippen LogP contribution in [0.4, 0.5) is 5.69 Å². The van der Waals surface area contributed by atoms with Gasteiger partial charge >= 0.3 is 0 Å². The topological polar surface area (TPSA) is 63.7 Å². The van der Waals surface area contributed by atoms with Gasteiger partial charge in [0.15, 0.2) is 0 Å². The maximum Gasteiger partial charge on any atom is 0.270 e. The maximum atomic E-state index is 13.2. The number of rotatable bonds is 6. The number of nitrogens with zero attached hydrogens (tertiary/aromatic N) is 1. The van der Waals surface area contributed by atoms with Crippen LogP contribution >= 0.6 is 0 Å². The van der Waals surface area contributed by atoms with Gasteiger partial charge in [-0.1, -0.05) is 39.8 Å². The van der Waals surface area contributed by atoms with Gasteiger partial charge in [-0.3, -0.25) is 4.79 Å². The second-order valence-electron chi connectivity index (χ2n) is 6.68. The summed E-state index contributed by atoms with van der Waals surface area (Å²) in [5.41, 5.74) is 1.33. The average Bonchev–Trinajstić information content (AvgIpc) is 2.62. The molecule has 0 atom stereocenters. The van der Waals surface area contributed by atoms with Crippen LogP contribution in [0, 0.1) is 5.92 Å². The number of carbonyl (C=O) groups excluding carboxylic acids is 1. The third-order valence-electron chi connectivity index (χ3n) is 4.09. The van der Waals surface area contributed by atoms with Crippen molar-refractivity contribution < 1.29 is 17.9 Å². The minimum atomic E-state index is -4.02. The lowest BCUT2D eigenvalue weighted by Crippen LogP contribution is -2.39. The number of methoxy groups -OCH3 is 1. The van der Waals surface area contributed by atoms with E-state index in [0.29, 0.717) is 11.7 Å². The van der Waals surface area contributed by atoms with E-state index in [-0.39, 0.29) is 10.6 Å². The second kappa shape index (κ2) is 7.91. The highest BCUT2D eigenvalue weighted by Gasteiger charge is 2.32. The van der Waals surface area contributed by atoms with Crippen molar-refractivity contribution >= 4 is 21.6 Å². The van der Waals surface area contributed by atoms with E-state index in [2.05, 4.69) is 0 Å². The largest absolute Gasteiger partial charge is 0.497 e. The summed E-state index contributed by atoms with van der Waals surface area (Å²) < 4.78 is 32.4. The van der Waals surface area contributed by atoms with E-state index in [1.54, 1.807) is 62.4 Å². The van der Waals surface area contributed by atoms with Crippen molar-refractivity contribution in [3.05, 3.63) is 54.1 Å². The SMILES string of the molecule is COc1ccc(N(C(=O)C(C)C)S(=O)(=O)c2ccc(C(C)C)cc2)cc1. The van der Waals surface area contributed by atoms with Crippen LogP contribution in [0.2, 0.25) is 0 Å². The summed E-state index contributed by atoms with van der Waals surface area (Å²) in [6, 6.07) is 13.1. The van der Waals surface area contributed by atoms with E-state index >= 15 is 0 Å². The number of sulfonamides is 1. The number of hydrogen-bond donors (Lipinski definition) is 0. The summed E-state index contributed by atoms with van der Waals surface area (Å²) in [4.78, 5) is 12.8. The Labute approximate surface area is 155 Å². The smallest absolute Gasteiger partial charge is 0.270 e. The van der Waals surface area contributed by atoms with E-state index in [1.807, 2.05) is 13.8 Å². The summed E-state index contributed by atoms with van der Waals surface area (Å²) in [6.45, 7) is 7.43. The van der Waals surface area contributed by atoms with Crippen LogP contribution in [0.5, 0.6) is 5.75 Å². The first kappa shape index (κ1) is 20.0. The van der Waals surface area contributed by atoms with Crippen LogP contribution < -0.4 is 9.04 Å². The van der Waals surface area contributed by atoms with Crippen LogP contribution in [0.1, 0.15) is 39.2 Å². The van der Waals surface area contributed by atoms with E-state index in [1.165, 1.54) is 7.11 Å². The number of hydrogen-bond acceptors (Lipinski definition) is 4. The molecule has 0 aliphatic heterocycles. The Morgan fingerprint density at radius 2 is 1.46 bits per heavy atom. The molecule has 0 unspecified atom stereocenters. The summed E-state index contributed by atoms with van der Waals surface area (Å²) >= 11 is 0. The highest BCUT2D eigenvalue weighted by Crippen LogP contribution is 2.28. The molecule has 0 aromatic heterocycles. The van der Waals surface area contributed by atoms with E-state index in [4.69, 9.17) is 4.74 Å². The predicted molar refractivity (Wildman–Crippen MR) is 103 cm³/mol. The molecule has 26 heavy (non-hydrogen) atoms. The molecular weight excluding hydrogens is 350 g/mol. The van der Waals surface area contributed by atoms with Gasteiger partial charge in [-0.2, -0.15) is 0 Å². The first-order valence-corrected chi connectivity index (χ1v) is 9.95. The van der Waals surface area contributed by atoms with E-state index in [0.717, 1.165) is 9.87 Å². The Hall–Kier alpha value is -2.34. The Morgan fingerprint density at radius 1 is 0.923 bits per heavy atom. The van der Waals surface area contributed by atoms with Crippen molar-refractivity contribution in [2.45, 2.75) is 38.5 Å². The summed E-state index contributed by atoms with van der Waals surface area (Å²) in [5.74, 6) is -0.0731. The number of benzene rings is 2. The van der Waals surface area contributed by atoms with Crippen molar-refractivity contribution in [2.24, 2.45) is 5.92 Å². The molecule has 0 aliphatic rings. The third-order valence-corrected chi connectivity index (χ3v) is 5.83. The average molecular weight is 375 g/mol. The second-order valence-corrected chi connectivity index (χ2v) is 8.47. The molecule has 0 aliphatic carbocycles. The van der Waals surface area contributed by atoms with Crippen LogP contribution in [0.3, 0.4) is 0 Å². The van der Waals surface area contributed by atoms with Crippen LogP contribution in [-0.4, -0.2) is 21.4 Å². The van der Waals surface area contributed by atoms with Gasteiger partial charge in [-0.05, 0) is 47.9 Å². The van der Waals surface area contributed by atoms with Crippen molar-refractivity contribution in [3.8, 4) is 5.75 Å². The molecule has 2 aromatic carbocycles. The molecular formula is C20H25NO4S. The molecule has 0 spiro atoms. The molecule has 2 rings (SSSR count). The number of amides is 1. The van der Waals surface area contributed by atoms with Gasteiger partial charge < -0.3 is 4.74 Å². The molecule has 0 heterocycles. The fourth-order valence-corrected chi connectivity index (χ4v) is 4.00. The molecule has 0 fully saturated rings. The molecule has 2 aromatic rings. The van der Waals surface area contributed by atoms with Crippen LogP contribution in [-0.2, 0) is 14.8 Å². The zero-order valence-corrected chi connectivity index (χ0v) is 16.6. The third kappa shape index (κ3) is 4.07. The normalized spacial score (nSPS) is 11.7. The summed E-state index contributed by atoms with van der Waals surface area (Å²) in [7, 11) is -2.49. The zero-order valence-electron chi connectivity index (χ0n) is 15.8. The maximum absolute atomic E-state index is 13.2. The molecule has 0 bridgehead atoms. The minimum Gasteiger partial charge on any atom is -0.497 e. The number of anilines is 1. The van der Waals surface area contributed by atoms with Crippen molar-refractivity contribution in [1.82, 2.24) is 0 Å². The fourth-order valence-electron chi connectivity index (χ4n) is 2.47. The molecule has 0 N–H and O–H groups in total.